The number of fused-ring (bicyclic) bond motifs is 1. The van der Waals surface area contributed by atoms with Gasteiger partial charge in [0.05, 0.1) is 29.2 Å². The Hall–Kier alpha value is -4.53. The first-order valence-electron chi connectivity index (χ1n) is 11.1. The van der Waals surface area contributed by atoms with Gasteiger partial charge in [-0.3, -0.25) is 14.6 Å². The van der Waals surface area contributed by atoms with Crippen molar-refractivity contribution < 1.29 is 14.0 Å². The molecule has 0 aliphatic carbocycles. The van der Waals surface area contributed by atoms with Crippen molar-refractivity contribution >= 4 is 34.1 Å². The van der Waals surface area contributed by atoms with Gasteiger partial charge in [0.25, 0.3) is 11.8 Å². The van der Waals surface area contributed by atoms with E-state index in [1.807, 2.05) is 36.2 Å². The molecule has 0 saturated heterocycles. The van der Waals surface area contributed by atoms with E-state index in [0.29, 0.717) is 29.3 Å². The van der Waals surface area contributed by atoms with Crippen molar-refractivity contribution in [3.8, 4) is 5.69 Å². The lowest BCUT2D eigenvalue weighted by Gasteiger charge is -2.15. The predicted molar refractivity (Wildman–Crippen MR) is 133 cm³/mol. The van der Waals surface area contributed by atoms with Crippen LogP contribution in [0.4, 0.5) is 10.1 Å². The second-order valence-corrected chi connectivity index (χ2v) is 8.44. The number of aliphatic imine (C=N–C) groups is 1. The number of hydrogen-bond donors (Lipinski definition) is 2. The highest BCUT2D eigenvalue weighted by Crippen LogP contribution is 2.25. The van der Waals surface area contributed by atoms with Crippen molar-refractivity contribution in [3.63, 3.8) is 0 Å². The first kappa shape index (κ1) is 22.3. The molecule has 4 aromatic rings. The number of carbonyl (C=O) groups excluding carboxylic acids is 2. The Balaban J connectivity index is 1.51. The molecule has 3 N–H and O–H groups in total. The molecule has 2 amide bonds. The number of halogens is 1. The number of aryl methyl sites for hydroxylation is 1. The van der Waals surface area contributed by atoms with E-state index in [0.717, 1.165) is 17.3 Å². The normalized spacial score (nSPS) is 13.2. The molecule has 35 heavy (non-hydrogen) atoms. The van der Waals surface area contributed by atoms with Crippen LogP contribution in [0.3, 0.4) is 0 Å². The minimum atomic E-state index is -0.647. The van der Waals surface area contributed by atoms with Gasteiger partial charge in [0.1, 0.15) is 17.3 Å². The van der Waals surface area contributed by atoms with E-state index in [1.54, 1.807) is 31.2 Å². The van der Waals surface area contributed by atoms with Crippen LogP contribution in [0.1, 0.15) is 32.1 Å². The minimum absolute atomic E-state index is 0.0269. The second kappa shape index (κ2) is 8.68. The third-order valence-electron chi connectivity index (χ3n) is 5.96. The van der Waals surface area contributed by atoms with Gasteiger partial charge >= 0.3 is 0 Å². The highest BCUT2D eigenvalue weighted by molar-refractivity contribution is 6.06. The third-order valence-corrected chi connectivity index (χ3v) is 5.96. The second-order valence-electron chi connectivity index (χ2n) is 8.44. The van der Waals surface area contributed by atoms with Crippen molar-refractivity contribution in [1.82, 2.24) is 14.7 Å². The Labute approximate surface area is 200 Å². The molecular weight excluding hydrogens is 447 g/mol. The monoisotopic (exact) mass is 470 g/mol. The highest BCUT2D eigenvalue weighted by atomic mass is 19.1. The Morgan fingerprint density at radius 3 is 2.46 bits per heavy atom. The molecule has 0 saturated carbocycles. The number of nitrogens with zero attached hydrogens (tertiary/aromatic N) is 4. The van der Waals surface area contributed by atoms with Gasteiger partial charge in [0.15, 0.2) is 0 Å². The molecule has 5 rings (SSSR count). The summed E-state index contributed by atoms with van der Waals surface area (Å²) in [6.07, 6.45) is 0. The van der Waals surface area contributed by atoms with Crippen molar-refractivity contribution in [2.45, 2.75) is 6.92 Å². The summed E-state index contributed by atoms with van der Waals surface area (Å²) >= 11 is 0. The van der Waals surface area contributed by atoms with Gasteiger partial charge in [-0.1, -0.05) is 24.3 Å². The molecular formula is C26H23FN6O2. The van der Waals surface area contributed by atoms with Crippen LogP contribution < -0.4 is 11.1 Å². The lowest BCUT2D eigenvalue weighted by atomic mass is 10.0. The maximum absolute atomic E-state index is 14.9. The van der Waals surface area contributed by atoms with Gasteiger partial charge in [-0.25, -0.2) is 9.07 Å². The summed E-state index contributed by atoms with van der Waals surface area (Å²) in [5.41, 5.74) is 7.60. The Morgan fingerprint density at radius 1 is 1.06 bits per heavy atom. The fourth-order valence-corrected chi connectivity index (χ4v) is 4.23. The Bertz CT molecular complexity index is 1520. The largest absolute Gasteiger partial charge is 0.366 e. The molecule has 9 heteroatoms. The summed E-state index contributed by atoms with van der Waals surface area (Å²) in [6.45, 7) is 3.17. The van der Waals surface area contributed by atoms with Crippen LogP contribution in [0.5, 0.6) is 0 Å². The van der Waals surface area contributed by atoms with E-state index >= 15 is 0 Å². The average Bonchev–Trinajstić information content (AvgIpc) is 3.44. The van der Waals surface area contributed by atoms with Crippen molar-refractivity contribution in [2.24, 2.45) is 10.7 Å². The van der Waals surface area contributed by atoms with E-state index in [-0.39, 0.29) is 16.9 Å². The lowest BCUT2D eigenvalue weighted by Crippen LogP contribution is -2.24. The molecule has 2 heterocycles. The number of amides is 2. The van der Waals surface area contributed by atoms with Crippen LogP contribution >= 0.6 is 0 Å². The van der Waals surface area contributed by atoms with Gasteiger partial charge in [-0.15, -0.1) is 0 Å². The topological polar surface area (TPSA) is 106 Å². The molecule has 0 spiro atoms. The molecule has 3 aromatic carbocycles. The van der Waals surface area contributed by atoms with Crippen molar-refractivity contribution in [3.05, 3.63) is 89.0 Å². The number of likely N-dealkylation sites (N-methyl/N-ethyl adjacent to an activating group) is 1. The van der Waals surface area contributed by atoms with Gasteiger partial charge in [-0.2, -0.15) is 5.10 Å². The number of benzene rings is 3. The number of amidine groups is 1. The first-order valence-corrected chi connectivity index (χ1v) is 11.1. The highest BCUT2D eigenvalue weighted by Gasteiger charge is 2.22. The fourth-order valence-electron chi connectivity index (χ4n) is 4.23. The SMILES string of the molecule is Cc1cc(C(=O)Nc2ccc(C3=NCCN3C)cc2F)n(-c2cc3ccccc3cc2C(N)=O)n1. The quantitative estimate of drug-likeness (QED) is 0.466. The number of nitrogens with one attached hydrogen (secondary N) is 1. The average molecular weight is 471 g/mol. The molecule has 0 unspecified atom stereocenters. The molecule has 0 bridgehead atoms. The summed E-state index contributed by atoms with van der Waals surface area (Å²) in [6, 6.07) is 17.1. The Morgan fingerprint density at radius 2 is 1.80 bits per heavy atom. The first-order chi connectivity index (χ1) is 16.8. The van der Waals surface area contributed by atoms with E-state index in [2.05, 4.69) is 15.4 Å². The number of hydrogen-bond acceptors (Lipinski definition) is 5. The van der Waals surface area contributed by atoms with E-state index in [9.17, 15) is 14.0 Å². The molecule has 176 valence electrons. The van der Waals surface area contributed by atoms with Gasteiger partial charge in [0, 0.05) is 19.2 Å². The zero-order valence-electron chi connectivity index (χ0n) is 19.2. The summed E-state index contributed by atoms with van der Waals surface area (Å²) in [7, 11) is 1.90. The van der Waals surface area contributed by atoms with Crippen molar-refractivity contribution in [1.29, 1.82) is 0 Å². The molecule has 1 aromatic heterocycles. The predicted octanol–water partition coefficient (Wildman–Crippen LogP) is 3.52. The van der Waals surface area contributed by atoms with E-state index < -0.39 is 17.6 Å². The zero-order chi connectivity index (χ0) is 24.7. The van der Waals surface area contributed by atoms with E-state index in [1.165, 1.54) is 16.8 Å². The number of primary amides is 1. The standard InChI is InChI=1S/C26H23FN6O2/c1-15-11-23(26(35)30-21-8-7-18(13-20(21)27)25-29-9-10-32(25)2)33(31-15)22-14-17-6-4-3-5-16(17)12-19(22)24(28)34/h3-8,11-14H,9-10H2,1-2H3,(H2,28,34)(H,30,35). The number of nitrogens with two attached hydrogens (primary N) is 1. The van der Waals surface area contributed by atoms with Gasteiger partial charge in [0.2, 0.25) is 0 Å². The van der Waals surface area contributed by atoms with E-state index in [4.69, 9.17) is 5.73 Å². The molecule has 0 fully saturated rings. The summed E-state index contributed by atoms with van der Waals surface area (Å²) < 4.78 is 16.3. The Kier molecular flexibility index (Phi) is 5.52. The lowest BCUT2D eigenvalue weighted by molar-refractivity contribution is 0.0993. The van der Waals surface area contributed by atoms with Crippen LogP contribution in [-0.4, -0.2) is 52.5 Å². The maximum Gasteiger partial charge on any atom is 0.274 e. The van der Waals surface area contributed by atoms with Crippen LogP contribution in [0.15, 0.2) is 65.7 Å². The molecule has 0 atom stereocenters. The molecule has 0 radical (unpaired) electrons. The number of rotatable bonds is 5. The number of anilines is 1. The van der Waals surface area contributed by atoms with Gasteiger partial charge in [-0.05, 0) is 54.1 Å². The summed E-state index contributed by atoms with van der Waals surface area (Å²) in [5.74, 6) is -1.08. The van der Waals surface area contributed by atoms with Crippen LogP contribution in [0, 0.1) is 12.7 Å². The molecule has 1 aliphatic heterocycles. The van der Waals surface area contributed by atoms with Crippen LogP contribution in [0.2, 0.25) is 0 Å². The summed E-state index contributed by atoms with van der Waals surface area (Å²) in [5, 5.41) is 8.73. The smallest absolute Gasteiger partial charge is 0.274 e. The maximum atomic E-state index is 14.9. The minimum Gasteiger partial charge on any atom is -0.366 e. The number of aromatic nitrogens is 2. The zero-order valence-corrected chi connectivity index (χ0v) is 19.2. The summed E-state index contributed by atoms with van der Waals surface area (Å²) in [4.78, 5) is 31.8. The molecule has 8 nitrogen and oxygen atoms in total. The van der Waals surface area contributed by atoms with Crippen LogP contribution in [0.25, 0.3) is 16.5 Å². The van der Waals surface area contributed by atoms with Gasteiger partial charge < -0.3 is 16.0 Å². The molecule has 1 aliphatic rings. The third kappa shape index (κ3) is 4.12. The van der Waals surface area contributed by atoms with Crippen LogP contribution in [-0.2, 0) is 0 Å². The fraction of sp³-hybridized carbons (Fsp3) is 0.154. The number of carbonyl (C=O) groups is 2. The van der Waals surface area contributed by atoms with Crippen molar-refractivity contribution in [2.75, 3.05) is 25.5 Å².